The van der Waals surface area contributed by atoms with Gasteiger partial charge in [0, 0.05) is 0 Å². The summed E-state index contributed by atoms with van der Waals surface area (Å²) in [5.74, 6) is 2.53. The van der Waals surface area contributed by atoms with Crippen molar-refractivity contribution in [3.05, 3.63) is 44.7 Å². The minimum atomic E-state index is 1.26. The van der Waals surface area contributed by atoms with Crippen LogP contribution in [0.2, 0.25) is 0 Å². The zero-order valence-corrected chi connectivity index (χ0v) is 25.1. The van der Waals surface area contributed by atoms with E-state index in [1.807, 2.05) is 94.1 Å². The minimum Gasteiger partial charge on any atom is -0.117 e. The molecule has 0 nitrogen and oxygen atoms in total. The molecule has 0 aromatic heterocycles. The van der Waals surface area contributed by atoms with Crippen LogP contribution < -0.4 is 0 Å². The van der Waals surface area contributed by atoms with E-state index in [1.165, 1.54) is 75.5 Å². The van der Waals surface area contributed by atoms with Gasteiger partial charge in [-0.2, -0.15) is 0 Å². The van der Waals surface area contributed by atoms with Gasteiger partial charge >= 0.3 is 0 Å². The Balaban J connectivity index is 1.36. The maximum atomic E-state index is 2.29. The molecule has 0 amide bonds. The Labute approximate surface area is 223 Å². The lowest BCUT2D eigenvalue weighted by atomic mass is 10.3. The zero-order valence-electron chi connectivity index (χ0n) is 16.9. The van der Waals surface area contributed by atoms with E-state index >= 15 is 0 Å². The highest BCUT2D eigenvalue weighted by Crippen LogP contribution is 2.72. The van der Waals surface area contributed by atoms with Crippen LogP contribution in [0, 0.1) is 0 Å². The summed E-state index contributed by atoms with van der Waals surface area (Å²) < 4.78 is 12.1. The maximum absolute atomic E-state index is 2.29. The van der Waals surface area contributed by atoms with E-state index < -0.39 is 0 Å². The summed E-state index contributed by atoms with van der Waals surface area (Å²) in [6, 6.07) is 0. The quantitative estimate of drug-likeness (QED) is 0.226. The molecule has 0 spiro atoms. The molecule has 0 N–H and O–H groups in total. The van der Waals surface area contributed by atoms with E-state index in [0.29, 0.717) is 0 Å². The third-order valence-electron chi connectivity index (χ3n) is 4.15. The SMILES string of the molecule is CCCCCSC1=C(SCCCCC)SC(=C2SC3=C(SC(=C4SC=CS4)S3)S2)S1. The molecule has 4 rings (SSSR count). The second-order valence-corrected chi connectivity index (χ2v) is 18.8. The highest BCUT2D eigenvalue weighted by Gasteiger charge is 2.35. The second-order valence-electron chi connectivity index (χ2n) is 6.53. The molecule has 0 saturated heterocycles. The largest absolute Gasteiger partial charge is 0.117 e. The summed E-state index contributed by atoms with van der Waals surface area (Å²) in [5.41, 5.74) is 0. The van der Waals surface area contributed by atoms with Gasteiger partial charge in [0.1, 0.15) is 0 Å². The Morgan fingerprint density at radius 2 is 0.933 bits per heavy atom. The smallest absolute Gasteiger partial charge is 0.0718 e. The van der Waals surface area contributed by atoms with Crippen LogP contribution in [0.25, 0.3) is 0 Å². The van der Waals surface area contributed by atoms with Crippen molar-refractivity contribution in [1.29, 1.82) is 0 Å². The van der Waals surface area contributed by atoms with Crippen LogP contribution in [0.3, 0.4) is 0 Å². The maximum Gasteiger partial charge on any atom is 0.0718 e. The number of rotatable bonds is 10. The number of thioether (sulfide) groups is 10. The first-order chi connectivity index (χ1) is 14.8. The molecule has 30 heavy (non-hydrogen) atoms. The topological polar surface area (TPSA) is 0 Å². The number of hydrogen-bond donors (Lipinski definition) is 0. The van der Waals surface area contributed by atoms with Gasteiger partial charge in [0.05, 0.1) is 33.9 Å². The lowest BCUT2D eigenvalue weighted by Crippen LogP contribution is -1.82. The fourth-order valence-corrected chi connectivity index (χ4v) is 17.4. The molecule has 10 heteroatoms. The predicted molar refractivity (Wildman–Crippen MR) is 162 cm³/mol. The molecule has 4 aliphatic rings. The molecule has 0 bridgehead atoms. The summed E-state index contributed by atoms with van der Waals surface area (Å²) in [6.45, 7) is 4.58. The van der Waals surface area contributed by atoms with Gasteiger partial charge in [-0.25, -0.2) is 0 Å². The van der Waals surface area contributed by atoms with Gasteiger partial charge in [0.2, 0.25) is 0 Å². The first-order valence-electron chi connectivity index (χ1n) is 10.1. The molecule has 0 aromatic rings. The lowest BCUT2D eigenvalue weighted by molar-refractivity contribution is 0.779. The van der Waals surface area contributed by atoms with Gasteiger partial charge in [-0.05, 0) is 35.2 Å². The lowest BCUT2D eigenvalue weighted by Gasteiger charge is -2.07. The van der Waals surface area contributed by atoms with Gasteiger partial charge in [0.25, 0.3) is 0 Å². The van der Waals surface area contributed by atoms with Gasteiger partial charge in [-0.3, -0.25) is 0 Å². The third kappa shape index (κ3) is 6.87. The van der Waals surface area contributed by atoms with Crippen molar-refractivity contribution in [1.82, 2.24) is 0 Å². The van der Waals surface area contributed by atoms with Gasteiger partial charge in [-0.1, -0.05) is 134 Å². The van der Waals surface area contributed by atoms with E-state index in [-0.39, 0.29) is 0 Å². The monoisotopic (exact) mass is 584 g/mol. The molecule has 0 radical (unpaired) electrons. The minimum absolute atomic E-state index is 1.26. The zero-order chi connectivity index (χ0) is 20.8. The van der Waals surface area contributed by atoms with E-state index in [2.05, 4.69) is 48.2 Å². The van der Waals surface area contributed by atoms with Crippen molar-refractivity contribution in [2.24, 2.45) is 0 Å². The van der Waals surface area contributed by atoms with Crippen molar-refractivity contribution in [3.63, 3.8) is 0 Å². The Kier molecular flexibility index (Phi) is 11.2. The average molecular weight is 585 g/mol. The van der Waals surface area contributed by atoms with Crippen LogP contribution in [0.15, 0.2) is 44.7 Å². The Hall–Kier alpha value is 2.20. The Morgan fingerprint density at radius 3 is 1.37 bits per heavy atom. The molecule has 0 fully saturated rings. The van der Waals surface area contributed by atoms with E-state index in [9.17, 15) is 0 Å². The molecule has 4 aliphatic heterocycles. The highest BCUT2D eigenvalue weighted by molar-refractivity contribution is 8.50. The number of hydrogen-bond acceptors (Lipinski definition) is 10. The van der Waals surface area contributed by atoms with Crippen molar-refractivity contribution in [3.8, 4) is 0 Å². The second kappa shape index (κ2) is 13.3. The fraction of sp³-hybridized carbons (Fsp3) is 0.500. The summed E-state index contributed by atoms with van der Waals surface area (Å²) >= 11 is 20.0. The molecule has 0 aliphatic carbocycles. The van der Waals surface area contributed by atoms with Gasteiger partial charge < -0.3 is 0 Å². The van der Waals surface area contributed by atoms with Crippen molar-refractivity contribution < 1.29 is 0 Å². The predicted octanol–water partition coefficient (Wildman–Crippen LogP) is 11.7. The molecule has 164 valence electrons. The first-order valence-corrected chi connectivity index (χ1v) is 18.7. The summed E-state index contributed by atoms with van der Waals surface area (Å²) in [4.78, 5) is 0. The van der Waals surface area contributed by atoms with Crippen LogP contribution >= 0.6 is 118 Å². The van der Waals surface area contributed by atoms with Crippen LogP contribution in [0.1, 0.15) is 52.4 Å². The first kappa shape index (κ1) is 25.3. The van der Waals surface area contributed by atoms with Crippen LogP contribution in [0.5, 0.6) is 0 Å². The summed E-state index contributed by atoms with van der Waals surface area (Å²) in [7, 11) is 0. The standard InChI is InChI=1S/C20H24S10/c1-3-5-7-9-21-14-15(22-10-8-6-4-2)26-17(25-14)18-29-19-20(30-18)28-16(27-19)13-23-11-12-24-13/h11-12H,3-10H2,1-2H3. The van der Waals surface area contributed by atoms with E-state index in [1.54, 1.807) is 8.47 Å². The molecule has 0 unspecified atom stereocenters. The third-order valence-corrected chi connectivity index (χ3v) is 18.6. The normalized spacial score (nSPS) is 21.3. The van der Waals surface area contributed by atoms with E-state index in [0.717, 1.165) is 0 Å². The van der Waals surface area contributed by atoms with Gasteiger partial charge in [0.15, 0.2) is 0 Å². The molecule has 0 aromatic carbocycles. The molecular weight excluding hydrogens is 561 g/mol. The molecule has 0 saturated carbocycles. The van der Waals surface area contributed by atoms with Crippen LogP contribution in [0.4, 0.5) is 0 Å². The highest BCUT2D eigenvalue weighted by atomic mass is 32.3. The van der Waals surface area contributed by atoms with Crippen molar-refractivity contribution in [2.75, 3.05) is 11.5 Å². The summed E-state index contributed by atoms with van der Waals surface area (Å²) in [5, 5.41) is 4.39. The van der Waals surface area contributed by atoms with Gasteiger partial charge in [-0.15, -0.1) is 23.5 Å². The number of unbranched alkanes of at least 4 members (excludes halogenated alkanes) is 4. The van der Waals surface area contributed by atoms with E-state index in [4.69, 9.17) is 0 Å². The summed E-state index contributed by atoms with van der Waals surface area (Å²) in [6.07, 6.45) is 7.99. The van der Waals surface area contributed by atoms with Crippen molar-refractivity contribution >= 4 is 118 Å². The fourth-order valence-electron chi connectivity index (χ4n) is 2.62. The Bertz CT molecular complexity index is 746. The Morgan fingerprint density at radius 1 is 0.533 bits per heavy atom. The van der Waals surface area contributed by atoms with Crippen molar-refractivity contribution in [2.45, 2.75) is 52.4 Å². The van der Waals surface area contributed by atoms with Crippen LogP contribution in [-0.4, -0.2) is 11.5 Å². The molecule has 4 heterocycles. The molecular formula is C20H24S10. The average Bonchev–Trinajstić information content (AvgIpc) is 3.51. The molecule has 0 atom stereocenters. The van der Waals surface area contributed by atoms with Crippen LogP contribution in [-0.2, 0) is 0 Å².